The Labute approximate surface area is 125 Å². The van der Waals surface area contributed by atoms with Crippen molar-refractivity contribution in [1.82, 2.24) is 0 Å². The van der Waals surface area contributed by atoms with Gasteiger partial charge in [0.15, 0.2) is 9.84 Å². The van der Waals surface area contributed by atoms with Gasteiger partial charge in [-0.25, -0.2) is 13.2 Å². The van der Waals surface area contributed by atoms with Crippen LogP contribution >= 0.6 is 0 Å². The molecule has 0 spiro atoms. The second-order valence-corrected chi connectivity index (χ2v) is 7.72. The maximum atomic E-state index is 12.2. The van der Waals surface area contributed by atoms with E-state index in [-0.39, 0.29) is 10.6 Å². The van der Waals surface area contributed by atoms with Gasteiger partial charge in [-0.15, -0.1) is 0 Å². The summed E-state index contributed by atoms with van der Waals surface area (Å²) < 4.78 is 24.3. The van der Waals surface area contributed by atoms with Gasteiger partial charge in [0, 0.05) is 0 Å². The Balaban J connectivity index is 2.41. The third-order valence-corrected chi connectivity index (χ3v) is 5.88. The number of para-hydroxylation sites is 1. The van der Waals surface area contributed by atoms with E-state index >= 15 is 0 Å². The van der Waals surface area contributed by atoms with E-state index in [1.165, 1.54) is 6.07 Å². The van der Waals surface area contributed by atoms with E-state index in [2.05, 4.69) is 5.32 Å². The summed E-state index contributed by atoms with van der Waals surface area (Å²) in [4.78, 5) is 11.9. The van der Waals surface area contributed by atoms with Crippen LogP contribution in [0.15, 0.2) is 29.2 Å². The van der Waals surface area contributed by atoms with E-state index in [0.29, 0.717) is 18.5 Å². The molecule has 1 aromatic carbocycles. The molecule has 1 aliphatic carbocycles. The molecule has 1 aliphatic rings. The lowest BCUT2D eigenvalue weighted by molar-refractivity contribution is -0.143. The number of nitrogens with one attached hydrogen (secondary N) is 1. The van der Waals surface area contributed by atoms with Crippen molar-refractivity contribution >= 4 is 21.5 Å². The number of hydrogen-bond donors (Lipinski definition) is 2. The summed E-state index contributed by atoms with van der Waals surface area (Å²) in [6, 6.07) is 6.54. The topological polar surface area (TPSA) is 83.5 Å². The molecule has 2 N–H and O–H groups in total. The average Bonchev–Trinajstić information content (AvgIpc) is 2.48. The molecular formula is C15H21NO4S. The Morgan fingerprint density at radius 1 is 1.24 bits per heavy atom. The van der Waals surface area contributed by atoms with Gasteiger partial charge < -0.3 is 10.4 Å². The zero-order valence-corrected chi connectivity index (χ0v) is 12.9. The quantitative estimate of drug-likeness (QED) is 0.873. The molecule has 0 saturated heterocycles. The van der Waals surface area contributed by atoms with Crippen LogP contribution in [0.4, 0.5) is 5.69 Å². The first-order valence-electron chi connectivity index (χ1n) is 7.25. The molecule has 0 aliphatic heterocycles. The number of carboxylic acids is 1. The first-order valence-corrected chi connectivity index (χ1v) is 8.90. The van der Waals surface area contributed by atoms with Crippen molar-refractivity contribution in [2.45, 2.75) is 49.5 Å². The minimum absolute atomic E-state index is 0.00817. The Kier molecular flexibility index (Phi) is 4.56. The highest BCUT2D eigenvalue weighted by Crippen LogP contribution is 2.34. The molecule has 21 heavy (non-hydrogen) atoms. The third kappa shape index (κ3) is 3.20. The number of benzene rings is 1. The van der Waals surface area contributed by atoms with Gasteiger partial charge in [-0.2, -0.15) is 0 Å². The number of rotatable bonds is 5. The molecule has 6 heteroatoms. The number of aliphatic carboxylic acids is 1. The molecule has 2 rings (SSSR count). The largest absolute Gasteiger partial charge is 0.480 e. The highest BCUT2D eigenvalue weighted by atomic mass is 32.2. The van der Waals surface area contributed by atoms with Gasteiger partial charge >= 0.3 is 5.97 Å². The van der Waals surface area contributed by atoms with E-state index < -0.39 is 21.3 Å². The molecule has 0 atom stereocenters. The molecule has 0 radical (unpaired) electrons. The molecule has 0 heterocycles. The fourth-order valence-electron chi connectivity index (χ4n) is 2.80. The normalized spacial score (nSPS) is 18.1. The van der Waals surface area contributed by atoms with Crippen molar-refractivity contribution in [2.75, 3.05) is 11.1 Å². The number of hydrogen-bond acceptors (Lipinski definition) is 4. The van der Waals surface area contributed by atoms with Crippen LogP contribution in [0.5, 0.6) is 0 Å². The summed E-state index contributed by atoms with van der Waals surface area (Å²) in [5.41, 5.74) is -0.666. The lowest BCUT2D eigenvalue weighted by Gasteiger charge is -2.35. The Bertz CT molecular complexity index is 618. The van der Waals surface area contributed by atoms with Crippen LogP contribution in [0.3, 0.4) is 0 Å². The van der Waals surface area contributed by atoms with Crippen LogP contribution in [-0.4, -0.2) is 30.8 Å². The van der Waals surface area contributed by atoms with Gasteiger partial charge in [-0.05, 0) is 25.0 Å². The van der Waals surface area contributed by atoms with Gasteiger partial charge in [-0.3, -0.25) is 0 Å². The minimum atomic E-state index is -3.39. The molecule has 0 unspecified atom stereocenters. The SMILES string of the molecule is CCS(=O)(=O)c1ccccc1NC1(C(=O)O)CCCCC1. The van der Waals surface area contributed by atoms with Crippen LogP contribution in [-0.2, 0) is 14.6 Å². The van der Waals surface area contributed by atoms with Gasteiger partial charge in [0.1, 0.15) is 5.54 Å². The molecular weight excluding hydrogens is 290 g/mol. The van der Waals surface area contributed by atoms with E-state index in [1.807, 2.05) is 0 Å². The lowest BCUT2D eigenvalue weighted by atomic mass is 9.81. The van der Waals surface area contributed by atoms with E-state index in [9.17, 15) is 18.3 Å². The monoisotopic (exact) mass is 311 g/mol. The predicted molar refractivity (Wildman–Crippen MR) is 81.2 cm³/mol. The highest BCUT2D eigenvalue weighted by Gasteiger charge is 2.40. The fraction of sp³-hybridized carbons (Fsp3) is 0.533. The van der Waals surface area contributed by atoms with Crippen LogP contribution in [0.2, 0.25) is 0 Å². The first kappa shape index (κ1) is 15.8. The number of carbonyl (C=O) groups is 1. The molecule has 5 nitrogen and oxygen atoms in total. The van der Waals surface area contributed by atoms with Gasteiger partial charge in [0.2, 0.25) is 0 Å². The number of anilines is 1. The Morgan fingerprint density at radius 3 is 2.43 bits per heavy atom. The van der Waals surface area contributed by atoms with Crippen molar-refractivity contribution in [3.63, 3.8) is 0 Å². The maximum Gasteiger partial charge on any atom is 0.329 e. The fourth-order valence-corrected chi connectivity index (χ4v) is 3.85. The van der Waals surface area contributed by atoms with Gasteiger partial charge in [0.25, 0.3) is 0 Å². The van der Waals surface area contributed by atoms with E-state index in [0.717, 1.165) is 19.3 Å². The molecule has 1 aromatic rings. The zero-order valence-electron chi connectivity index (χ0n) is 12.1. The molecule has 1 fully saturated rings. The summed E-state index contributed by atoms with van der Waals surface area (Å²) in [5, 5.41) is 12.6. The van der Waals surface area contributed by atoms with Crippen molar-refractivity contribution in [2.24, 2.45) is 0 Å². The standard InChI is InChI=1S/C15H21NO4S/c1-2-21(19,20)13-9-5-4-8-12(13)16-15(14(17)18)10-6-3-7-11-15/h4-5,8-9,16H,2-3,6-7,10-11H2,1H3,(H,17,18). The average molecular weight is 311 g/mol. The molecule has 1 saturated carbocycles. The van der Waals surface area contributed by atoms with Gasteiger partial charge in [0.05, 0.1) is 16.3 Å². The molecule has 0 bridgehead atoms. The van der Waals surface area contributed by atoms with Crippen molar-refractivity contribution in [3.05, 3.63) is 24.3 Å². The Morgan fingerprint density at radius 2 is 1.86 bits per heavy atom. The van der Waals surface area contributed by atoms with Crippen LogP contribution < -0.4 is 5.32 Å². The second-order valence-electron chi connectivity index (χ2n) is 5.47. The van der Waals surface area contributed by atoms with Crippen molar-refractivity contribution < 1.29 is 18.3 Å². The van der Waals surface area contributed by atoms with Crippen LogP contribution in [0, 0.1) is 0 Å². The van der Waals surface area contributed by atoms with E-state index in [4.69, 9.17) is 0 Å². The zero-order chi connectivity index (χ0) is 15.5. The summed E-state index contributed by atoms with van der Waals surface area (Å²) in [6.07, 6.45) is 3.72. The lowest BCUT2D eigenvalue weighted by Crippen LogP contribution is -2.48. The molecule has 116 valence electrons. The number of sulfone groups is 1. The second kappa shape index (κ2) is 6.05. The Hall–Kier alpha value is -1.56. The minimum Gasteiger partial charge on any atom is -0.480 e. The van der Waals surface area contributed by atoms with Crippen LogP contribution in [0.25, 0.3) is 0 Å². The van der Waals surface area contributed by atoms with Crippen molar-refractivity contribution in [3.8, 4) is 0 Å². The van der Waals surface area contributed by atoms with Crippen LogP contribution in [0.1, 0.15) is 39.0 Å². The third-order valence-electron chi connectivity index (χ3n) is 4.09. The summed E-state index contributed by atoms with van der Waals surface area (Å²) in [6.45, 7) is 1.58. The smallest absolute Gasteiger partial charge is 0.329 e. The van der Waals surface area contributed by atoms with E-state index in [1.54, 1.807) is 25.1 Å². The number of carboxylic acid groups (broad SMARTS) is 1. The molecule has 0 aromatic heterocycles. The predicted octanol–water partition coefficient (Wildman–Crippen LogP) is 2.68. The van der Waals surface area contributed by atoms with Crippen molar-refractivity contribution in [1.29, 1.82) is 0 Å². The summed E-state index contributed by atoms with van der Waals surface area (Å²) in [5.74, 6) is -0.919. The van der Waals surface area contributed by atoms with Gasteiger partial charge in [-0.1, -0.05) is 38.3 Å². The summed E-state index contributed by atoms with van der Waals surface area (Å²) in [7, 11) is -3.39. The first-order chi connectivity index (χ1) is 9.91. The maximum absolute atomic E-state index is 12.2. The highest BCUT2D eigenvalue weighted by molar-refractivity contribution is 7.91. The summed E-state index contributed by atoms with van der Waals surface area (Å²) >= 11 is 0. The molecule has 0 amide bonds.